The van der Waals surface area contributed by atoms with E-state index in [1.165, 1.54) is 0 Å². The Balaban J connectivity index is 2.96. The maximum absolute atomic E-state index is 11.0. The maximum atomic E-state index is 11.0. The first-order chi connectivity index (χ1) is 6.65. The lowest BCUT2D eigenvalue weighted by Crippen LogP contribution is -2.13. The van der Waals surface area contributed by atoms with Gasteiger partial charge >= 0.3 is 0 Å². The third-order valence-electron chi connectivity index (χ3n) is 1.54. The monoisotopic (exact) mass is 321 g/mol. The fourth-order valence-electron chi connectivity index (χ4n) is 0.969. The molecule has 1 amide bonds. The van der Waals surface area contributed by atoms with Crippen molar-refractivity contribution in [1.29, 1.82) is 0 Å². The zero-order valence-electron chi connectivity index (χ0n) is 7.30. The van der Waals surface area contributed by atoms with Gasteiger partial charge in [0.1, 0.15) is 5.75 Å². The predicted molar refractivity (Wildman–Crippen MR) is 61.9 cm³/mol. The van der Waals surface area contributed by atoms with Gasteiger partial charge in [0.05, 0.1) is 12.2 Å². The topological polar surface area (TPSA) is 52.3 Å². The van der Waals surface area contributed by atoms with E-state index in [4.69, 9.17) is 10.5 Å². The summed E-state index contributed by atoms with van der Waals surface area (Å²) in [5.41, 5.74) is 5.59. The van der Waals surface area contributed by atoms with Crippen molar-refractivity contribution in [2.75, 3.05) is 11.9 Å². The first kappa shape index (κ1) is 11.5. The summed E-state index contributed by atoms with van der Waals surface area (Å²) in [6.45, 7) is 0.502. The molecule has 0 aliphatic carbocycles. The molecule has 0 aliphatic rings. The standard InChI is InChI=1S/C9H9Br2NO2/c10-3-4-14-8-2-1-6(11)5-7(8)9(12)13/h1-2,5H,3-4H2,(H2,12,13). The van der Waals surface area contributed by atoms with E-state index < -0.39 is 5.91 Å². The van der Waals surface area contributed by atoms with Crippen LogP contribution in [-0.2, 0) is 0 Å². The maximum Gasteiger partial charge on any atom is 0.252 e. The molecule has 14 heavy (non-hydrogen) atoms. The zero-order chi connectivity index (χ0) is 10.6. The zero-order valence-corrected chi connectivity index (χ0v) is 10.5. The largest absolute Gasteiger partial charge is 0.492 e. The molecule has 0 saturated heterocycles. The number of hydrogen-bond acceptors (Lipinski definition) is 2. The molecule has 1 rings (SSSR count). The Labute approximate surface area is 98.9 Å². The molecular formula is C9H9Br2NO2. The van der Waals surface area contributed by atoms with E-state index in [-0.39, 0.29) is 0 Å². The summed E-state index contributed by atoms with van der Waals surface area (Å²) in [5.74, 6) is 0.0241. The van der Waals surface area contributed by atoms with E-state index in [2.05, 4.69) is 31.9 Å². The van der Waals surface area contributed by atoms with Gasteiger partial charge in [0.25, 0.3) is 5.91 Å². The van der Waals surface area contributed by atoms with Gasteiger partial charge in [-0.2, -0.15) is 0 Å². The lowest BCUT2D eigenvalue weighted by molar-refractivity contribution is 0.0996. The van der Waals surface area contributed by atoms with E-state index in [0.717, 1.165) is 4.47 Å². The number of carbonyl (C=O) groups excluding carboxylic acids is 1. The molecule has 3 nitrogen and oxygen atoms in total. The fourth-order valence-corrected chi connectivity index (χ4v) is 1.49. The van der Waals surface area contributed by atoms with Crippen molar-refractivity contribution in [2.45, 2.75) is 0 Å². The van der Waals surface area contributed by atoms with Crippen molar-refractivity contribution in [1.82, 2.24) is 0 Å². The Morgan fingerprint density at radius 3 is 2.79 bits per heavy atom. The van der Waals surface area contributed by atoms with Gasteiger partial charge in [-0.1, -0.05) is 31.9 Å². The molecule has 0 aliphatic heterocycles. The Hall–Kier alpha value is -0.550. The van der Waals surface area contributed by atoms with E-state index in [0.29, 0.717) is 23.2 Å². The number of primary amides is 1. The third kappa shape index (κ3) is 2.99. The van der Waals surface area contributed by atoms with Gasteiger partial charge in [-0.25, -0.2) is 0 Å². The van der Waals surface area contributed by atoms with E-state index >= 15 is 0 Å². The number of rotatable bonds is 4. The number of amides is 1. The minimum Gasteiger partial charge on any atom is -0.492 e. The van der Waals surface area contributed by atoms with Gasteiger partial charge in [-0.3, -0.25) is 4.79 Å². The Kier molecular flexibility index (Phi) is 4.41. The van der Waals surface area contributed by atoms with Gasteiger partial charge in [0.15, 0.2) is 0 Å². The highest BCUT2D eigenvalue weighted by atomic mass is 79.9. The van der Waals surface area contributed by atoms with Crippen molar-refractivity contribution in [3.63, 3.8) is 0 Å². The molecule has 1 aromatic rings. The summed E-state index contributed by atoms with van der Waals surface area (Å²) in [4.78, 5) is 11.0. The van der Waals surface area contributed by atoms with Crippen LogP contribution >= 0.6 is 31.9 Å². The van der Waals surface area contributed by atoms with Crippen LogP contribution in [0.5, 0.6) is 5.75 Å². The molecule has 0 radical (unpaired) electrons. The normalized spacial score (nSPS) is 9.86. The van der Waals surface area contributed by atoms with Crippen molar-refractivity contribution in [2.24, 2.45) is 5.73 Å². The average Bonchev–Trinajstić information content (AvgIpc) is 2.15. The van der Waals surface area contributed by atoms with Gasteiger partial charge in [0, 0.05) is 9.80 Å². The quantitative estimate of drug-likeness (QED) is 0.865. The number of alkyl halides is 1. The molecule has 0 spiro atoms. The Morgan fingerprint density at radius 2 is 2.21 bits per heavy atom. The smallest absolute Gasteiger partial charge is 0.252 e. The minimum atomic E-state index is -0.490. The average molecular weight is 323 g/mol. The summed E-state index contributed by atoms with van der Waals surface area (Å²) in [5, 5.41) is 0.710. The van der Waals surface area contributed by atoms with Gasteiger partial charge in [-0.15, -0.1) is 0 Å². The van der Waals surface area contributed by atoms with Crippen LogP contribution in [0.3, 0.4) is 0 Å². The minimum absolute atomic E-state index is 0.389. The molecule has 0 fully saturated rings. The summed E-state index contributed by atoms with van der Waals surface area (Å²) >= 11 is 6.49. The third-order valence-corrected chi connectivity index (χ3v) is 2.36. The lowest BCUT2D eigenvalue weighted by atomic mass is 10.2. The van der Waals surface area contributed by atoms with Crippen LogP contribution in [-0.4, -0.2) is 17.8 Å². The molecular weight excluding hydrogens is 314 g/mol. The molecule has 0 atom stereocenters. The molecule has 0 aromatic heterocycles. The van der Waals surface area contributed by atoms with Crippen molar-refractivity contribution in [3.05, 3.63) is 28.2 Å². The van der Waals surface area contributed by atoms with Crippen LogP contribution in [0.1, 0.15) is 10.4 Å². The number of carbonyl (C=O) groups is 1. The second-order valence-electron chi connectivity index (χ2n) is 2.54. The van der Waals surface area contributed by atoms with Crippen LogP contribution in [0.4, 0.5) is 0 Å². The Bertz CT molecular complexity index is 342. The van der Waals surface area contributed by atoms with E-state index in [9.17, 15) is 4.79 Å². The van der Waals surface area contributed by atoms with E-state index in [1.54, 1.807) is 18.2 Å². The molecule has 1 aromatic carbocycles. The van der Waals surface area contributed by atoms with Gasteiger partial charge in [-0.05, 0) is 18.2 Å². The van der Waals surface area contributed by atoms with Crippen LogP contribution in [0.15, 0.2) is 22.7 Å². The molecule has 0 saturated carbocycles. The van der Waals surface area contributed by atoms with Crippen molar-refractivity contribution < 1.29 is 9.53 Å². The van der Waals surface area contributed by atoms with Crippen molar-refractivity contribution in [3.8, 4) is 5.75 Å². The van der Waals surface area contributed by atoms with Crippen LogP contribution in [0.2, 0.25) is 0 Å². The lowest BCUT2D eigenvalue weighted by Gasteiger charge is -2.08. The SMILES string of the molecule is NC(=O)c1cc(Br)ccc1OCCBr. The highest BCUT2D eigenvalue weighted by Gasteiger charge is 2.09. The summed E-state index contributed by atoms with van der Waals surface area (Å²) < 4.78 is 6.14. The molecule has 2 N–H and O–H groups in total. The molecule has 5 heteroatoms. The summed E-state index contributed by atoms with van der Waals surface area (Å²) in [6.07, 6.45) is 0. The second-order valence-corrected chi connectivity index (χ2v) is 4.25. The van der Waals surface area contributed by atoms with Crippen LogP contribution in [0.25, 0.3) is 0 Å². The predicted octanol–water partition coefficient (Wildman–Crippen LogP) is 2.32. The highest BCUT2D eigenvalue weighted by Crippen LogP contribution is 2.22. The van der Waals surface area contributed by atoms with Crippen LogP contribution < -0.4 is 10.5 Å². The fraction of sp³-hybridized carbons (Fsp3) is 0.222. The van der Waals surface area contributed by atoms with Crippen LogP contribution in [0, 0.1) is 0 Å². The molecule has 76 valence electrons. The first-order valence-corrected chi connectivity index (χ1v) is 5.84. The number of nitrogens with two attached hydrogens (primary N) is 1. The second kappa shape index (κ2) is 5.36. The summed E-state index contributed by atoms with van der Waals surface area (Å²) in [7, 11) is 0. The Morgan fingerprint density at radius 1 is 1.50 bits per heavy atom. The molecule has 0 unspecified atom stereocenters. The first-order valence-electron chi connectivity index (χ1n) is 3.93. The highest BCUT2D eigenvalue weighted by molar-refractivity contribution is 9.10. The van der Waals surface area contributed by atoms with E-state index in [1.807, 2.05) is 0 Å². The number of halogens is 2. The number of ether oxygens (including phenoxy) is 1. The number of hydrogen-bond donors (Lipinski definition) is 1. The van der Waals surface area contributed by atoms with Gasteiger partial charge < -0.3 is 10.5 Å². The molecule has 0 bridgehead atoms. The van der Waals surface area contributed by atoms with Gasteiger partial charge in [0.2, 0.25) is 0 Å². The molecule has 0 heterocycles. The summed E-state index contributed by atoms with van der Waals surface area (Å²) in [6, 6.07) is 5.16. The van der Waals surface area contributed by atoms with Crippen molar-refractivity contribution >= 4 is 37.8 Å². The number of benzene rings is 1.